The molecule has 0 aliphatic heterocycles. The Balaban J connectivity index is 2.88. The van der Waals surface area contributed by atoms with Crippen molar-refractivity contribution in [3.63, 3.8) is 0 Å². The van der Waals surface area contributed by atoms with E-state index in [-0.39, 0.29) is 12.0 Å². The third kappa shape index (κ3) is 2.86. The second kappa shape index (κ2) is 4.62. The van der Waals surface area contributed by atoms with Crippen molar-refractivity contribution < 1.29 is 5.11 Å². The van der Waals surface area contributed by atoms with E-state index in [2.05, 4.69) is 4.98 Å². The molecule has 0 aliphatic carbocycles. The van der Waals surface area contributed by atoms with E-state index in [9.17, 15) is 5.11 Å². The van der Waals surface area contributed by atoms with Crippen LogP contribution in [0, 0.1) is 0 Å². The van der Waals surface area contributed by atoms with Crippen LogP contribution in [-0.2, 0) is 0 Å². The molecule has 0 spiro atoms. The summed E-state index contributed by atoms with van der Waals surface area (Å²) in [6.45, 7) is 3.75. The van der Waals surface area contributed by atoms with Gasteiger partial charge >= 0.3 is 0 Å². The Morgan fingerprint density at radius 3 is 2.79 bits per heavy atom. The maximum absolute atomic E-state index is 9.25. The van der Waals surface area contributed by atoms with Crippen LogP contribution in [0.2, 0.25) is 5.02 Å². The number of hydrogen-bond acceptors (Lipinski definition) is 3. The molecule has 0 fully saturated rings. The molecule has 2 atom stereocenters. The molecule has 1 aromatic rings. The molecule has 0 saturated heterocycles. The second-order valence-corrected chi connectivity index (χ2v) is 4.05. The summed E-state index contributed by atoms with van der Waals surface area (Å²) in [5, 5.41) is 9.83. The quantitative estimate of drug-likeness (QED) is 0.811. The van der Waals surface area contributed by atoms with E-state index in [1.54, 1.807) is 13.0 Å². The fourth-order valence-electron chi connectivity index (χ4n) is 1.50. The largest absolute Gasteiger partial charge is 0.393 e. The first-order valence-electron chi connectivity index (χ1n) is 4.59. The molecular formula is C10H15ClN2O. The highest BCUT2D eigenvalue weighted by Gasteiger charge is 2.12. The van der Waals surface area contributed by atoms with Crippen molar-refractivity contribution in [3.8, 4) is 0 Å². The van der Waals surface area contributed by atoms with Crippen LogP contribution in [0.3, 0.4) is 0 Å². The van der Waals surface area contributed by atoms with Crippen LogP contribution in [-0.4, -0.2) is 16.2 Å². The first-order valence-corrected chi connectivity index (χ1v) is 4.97. The molecule has 0 radical (unpaired) electrons. The van der Waals surface area contributed by atoms with Crippen LogP contribution in [0.1, 0.15) is 31.7 Å². The molecule has 1 aromatic heterocycles. The molecule has 0 saturated carbocycles. The van der Waals surface area contributed by atoms with Gasteiger partial charge in [0.2, 0.25) is 0 Å². The molecule has 0 aliphatic rings. The number of pyridine rings is 1. The van der Waals surface area contributed by atoms with Gasteiger partial charge in [-0.05, 0) is 30.9 Å². The van der Waals surface area contributed by atoms with E-state index >= 15 is 0 Å². The fourth-order valence-corrected chi connectivity index (χ4v) is 1.67. The molecular weight excluding hydrogens is 200 g/mol. The third-order valence-electron chi connectivity index (χ3n) is 2.14. The van der Waals surface area contributed by atoms with E-state index < -0.39 is 0 Å². The van der Waals surface area contributed by atoms with Gasteiger partial charge in [-0.2, -0.15) is 0 Å². The zero-order valence-electron chi connectivity index (χ0n) is 8.37. The summed E-state index contributed by atoms with van der Waals surface area (Å²) in [5.74, 6) is 0.656. The van der Waals surface area contributed by atoms with Crippen molar-refractivity contribution in [1.82, 2.24) is 4.98 Å². The summed E-state index contributed by atoms with van der Waals surface area (Å²) in [4.78, 5) is 3.97. The van der Waals surface area contributed by atoms with Crippen LogP contribution in [0.5, 0.6) is 0 Å². The van der Waals surface area contributed by atoms with Crippen LogP contribution in [0.15, 0.2) is 12.3 Å². The predicted molar refractivity (Wildman–Crippen MR) is 58.4 cm³/mol. The maximum atomic E-state index is 9.25. The predicted octanol–water partition coefficient (Wildman–Crippen LogP) is 2.19. The number of nitrogen functional groups attached to an aromatic ring is 1. The Morgan fingerprint density at radius 1 is 1.57 bits per heavy atom. The van der Waals surface area contributed by atoms with Crippen molar-refractivity contribution in [2.75, 3.05) is 5.73 Å². The average Bonchev–Trinajstić information content (AvgIpc) is 2.08. The Hall–Kier alpha value is -0.800. The lowest BCUT2D eigenvalue weighted by Crippen LogP contribution is -2.08. The number of halogens is 1. The standard InChI is InChI=1S/C10H15ClN2O/c1-6(3-7(2)14)9-4-8(11)5-13-10(9)12/h4-7,14H,3H2,1-2H3,(H2,12,13). The molecule has 0 aromatic carbocycles. The number of aliphatic hydroxyl groups is 1. The lowest BCUT2D eigenvalue weighted by Gasteiger charge is -2.15. The summed E-state index contributed by atoms with van der Waals surface area (Å²) >= 11 is 5.82. The molecule has 3 nitrogen and oxygen atoms in total. The zero-order chi connectivity index (χ0) is 10.7. The summed E-state index contributed by atoms with van der Waals surface area (Å²) in [7, 11) is 0. The minimum Gasteiger partial charge on any atom is -0.393 e. The summed E-state index contributed by atoms with van der Waals surface area (Å²) < 4.78 is 0. The first-order chi connectivity index (χ1) is 6.50. The highest BCUT2D eigenvalue weighted by Crippen LogP contribution is 2.26. The highest BCUT2D eigenvalue weighted by molar-refractivity contribution is 6.30. The number of anilines is 1. The molecule has 78 valence electrons. The summed E-state index contributed by atoms with van der Waals surface area (Å²) in [5.41, 5.74) is 6.62. The Labute approximate surface area is 88.9 Å². The number of nitrogens with zero attached hydrogens (tertiary/aromatic N) is 1. The van der Waals surface area contributed by atoms with Crippen LogP contribution < -0.4 is 5.73 Å². The Bertz CT molecular complexity index is 315. The molecule has 2 unspecified atom stereocenters. The second-order valence-electron chi connectivity index (χ2n) is 3.61. The minimum atomic E-state index is -0.344. The number of aliphatic hydroxyl groups excluding tert-OH is 1. The molecule has 14 heavy (non-hydrogen) atoms. The van der Waals surface area contributed by atoms with E-state index in [1.807, 2.05) is 6.92 Å². The SMILES string of the molecule is CC(O)CC(C)c1cc(Cl)cnc1N. The van der Waals surface area contributed by atoms with Gasteiger partial charge in [-0.25, -0.2) is 4.98 Å². The van der Waals surface area contributed by atoms with E-state index in [0.29, 0.717) is 17.3 Å². The van der Waals surface area contributed by atoms with E-state index in [0.717, 1.165) is 5.56 Å². The third-order valence-corrected chi connectivity index (χ3v) is 2.35. The van der Waals surface area contributed by atoms with Crippen molar-refractivity contribution in [2.24, 2.45) is 0 Å². The number of rotatable bonds is 3. The van der Waals surface area contributed by atoms with Gasteiger partial charge in [-0.1, -0.05) is 18.5 Å². The first kappa shape index (κ1) is 11.3. The van der Waals surface area contributed by atoms with Gasteiger partial charge in [0.05, 0.1) is 11.1 Å². The lowest BCUT2D eigenvalue weighted by atomic mass is 9.96. The smallest absolute Gasteiger partial charge is 0.126 e. The molecule has 0 amide bonds. The summed E-state index contributed by atoms with van der Waals surface area (Å²) in [6.07, 6.45) is 1.84. The molecule has 1 rings (SSSR count). The van der Waals surface area contributed by atoms with Crippen LogP contribution in [0.25, 0.3) is 0 Å². The van der Waals surface area contributed by atoms with Crippen molar-refractivity contribution in [2.45, 2.75) is 32.3 Å². The van der Waals surface area contributed by atoms with Gasteiger partial charge in [0.15, 0.2) is 0 Å². The van der Waals surface area contributed by atoms with Gasteiger partial charge in [0, 0.05) is 6.20 Å². The van der Waals surface area contributed by atoms with Crippen molar-refractivity contribution >= 4 is 17.4 Å². The number of nitrogens with two attached hydrogens (primary N) is 1. The molecule has 3 N–H and O–H groups in total. The van der Waals surface area contributed by atoms with E-state index in [1.165, 1.54) is 6.20 Å². The van der Waals surface area contributed by atoms with Crippen molar-refractivity contribution in [3.05, 3.63) is 22.8 Å². The molecule has 4 heteroatoms. The topological polar surface area (TPSA) is 59.1 Å². The van der Waals surface area contributed by atoms with E-state index in [4.69, 9.17) is 17.3 Å². The Morgan fingerprint density at radius 2 is 2.21 bits per heavy atom. The van der Waals surface area contributed by atoms with Gasteiger partial charge in [-0.15, -0.1) is 0 Å². The fraction of sp³-hybridized carbons (Fsp3) is 0.500. The maximum Gasteiger partial charge on any atom is 0.126 e. The Kier molecular flexibility index (Phi) is 3.72. The molecule has 1 heterocycles. The molecule has 0 bridgehead atoms. The normalized spacial score (nSPS) is 15.1. The van der Waals surface area contributed by atoms with Crippen molar-refractivity contribution in [1.29, 1.82) is 0 Å². The summed E-state index contributed by atoms with van der Waals surface area (Å²) in [6, 6.07) is 1.80. The number of aromatic nitrogens is 1. The average molecular weight is 215 g/mol. The van der Waals surface area contributed by atoms with Gasteiger partial charge in [0.25, 0.3) is 0 Å². The minimum absolute atomic E-state index is 0.168. The van der Waals surface area contributed by atoms with Gasteiger partial charge in [0.1, 0.15) is 5.82 Å². The highest BCUT2D eigenvalue weighted by atomic mass is 35.5. The zero-order valence-corrected chi connectivity index (χ0v) is 9.12. The number of hydrogen-bond donors (Lipinski definition) is 2. The lowest BCUT2D eigenvalue weighted by molar-refractivity contribution is 0.176. The van der Waals surface area contributed by atoms with Gasteiger partial charge in [-0.3, -0.25) is 0 Å². The monoisotopic (exact) mass is 214 g/mol. The van der Waals surface area contributed by atoms with Gasteiger partial charge < -0.3 is 10.8 Å². The van der Waals surface area contributed by atoms with Crippen LogP contribution in [0.4, 0.5) is 5.82 Å². The van der Waals surface area contributed by atoms with Crippen LogP contribution >= 0.6 is 11.6 Å².